The minimum Gasteiger partial charge on any atom is -0.356 e. The first-order chi connectivity index (χ1) is 16.5. The Labute approximate surface area is 198 Å². The third-order valence-electron chi connectivity index (χ3n) is 6.52. The Morgan fingerprint density at radius 1 is 1.21 bits per heavy atom. The molecule has 0 spiro atoms. The van der Waals surface area contributed by atoms with Crippen molar-refractivity contribution < 1.29 is 18.5 Å². The van der Waals surface area contributed by atoms with Crippen LogP contribution in [-0.2, 0) is 22.6 Å². The number of anilines is 1. The predicted octanol–water partition coefficient (Wildman–Crippen LogP) is 4.34. The van der Waals surface area contributed by atoms with Gasteiger partial charge in [-0.25, -0.2) is 9.37 Å². The number of halogens is 1. The Balaban J connectivity index is 1.20. The zero-order chi connectivity index (χ0) is 23.4. The second-order valence-electron chi connectivity index (χ2n) is 8.74. The summed E-state index contributed by atoms with van der Waals surface area (Å²) in [6.07, 6.45) is 0.765. The van der Waals surface area contributed by atoms with Gasteiger partial charge in [0.25, 0.3) is 0 Å². The lowest BCUT2D eigenvalue weighted by molar-refractivity contribution is -0.136. The molecule has 4 heterocycles. The number of amides is 2. The Kier molecular flexibility index (Phi) is 4.95. The molecule has 1 unspecified atom stereocenters. The highest BCUT2D eigenvalue weighted by Crippen LogP contribution is 2.34. The van der Waals surface area contributed by atoms with E-state index < -0.39 is 5.92 Å². The van der Waals surface area contributed by atoms with Crippen molar-refractivity contribution in [2.45, 2.75) is 26.3 Å². The SMILES string of the molecule is Cc1nc2cc(N3CC(C(=O)N4CCc5noc(-c6ccc(F)cc6)c5C4)CC3=O)ccc2s1. The fraction of sp³-hybridized carbons (Fsp3) is 0.280. The zero-order valence-corrected chi connectivity index (χ0v) is 19.3. The number of hydrogen-bond donors (Lipinski definition) is 0. The maximum absolute atomic E-state index is 13.4. The van der Waals surface area contributed by atoms with Gasteiger partial charge in [-0.05, 0) is 49.4 Å². The van der Waals surface area contributed by atoms with Crippen LogP contribution in [0.5, 0.6) is 0 Å². The van der Waals surface area contributed by atoms with Crippen molar-refractivity contribution in [3.05, 3.63) is 64.5 Å². The second kappa shape index (κ2) is 8.02. The summed E-state index contributed by atoms with van der Waals surface area (Å²) in [5.74, 6) is -0.273. The lowest BCUT2D eigenvalue weighted by atomic mass is 9.99. The van der Waals surface area contributed by atoms with Crippen LogP contribution in [0, 0.1) is 18.7 Å². The van der Waals surface area contributed by atoms with E-state index in [1.54, 1.807) is 33.3 Å². The third-order valence-corrected chi connectivity index (χ3v) is 7.47. The molecule has 1 fully saturated rings. The van der Waals surface area contributed by atoms with Crippen LogP contribution in [0.2, 0.25) is 0 Å². The normalized spacial score (nSPS) is 18.1. The molecule has 2 amide bonds. The number of aromatic nitrogens is 2. The molecule has 7 nitrogen and oxygen atoms in total. The molecular weight excluding hydrogens is 455 g/mol. The van der Waals surface area contributed by atoms with Gasteiger partial charge in [-0.3, -0.25) is 9.59 Å². The topological polar surface area (TPSA) is 79.5 Å². The first-order valence-electron chi connectivity index (χ1n) is 11.2. The van der Waals surface area contributed by atoms with Crippen LogP contribution in [0.15, 0.2) is 47.0 Å². The number of carbonyl (C=O) groups excluding carboxylic acids is 2. The standard InChI is InChI=1S/C25H21FN4O3S/c1-14-27-21-11-18(6-7-22(21)34-14)30-12-16(10-23(30)31)25(32)29-9-8-20-19(13-29)24(33-28-20)15-2-4-17(26)5-3-15/h2-7,11,16H,8-10,12-13H2,1H3. The van der Waals surface area contributed by atoms with Crippen LogP contribution in [0.4, 0.5) is 10.1 Å². The summed E-state index contributed by atoms with van der Waals surface area (Å²) in [7, 11) is 0. The molecule has 2 aliphatic heterocycles. The molecule has 6 rings (SSSR count). The highest BCUT2D eigenvalue weighted by atomic mass is 32.1. The van der Waals surface area contributed by atoms with Crippen molar-refractivity contribution in [3.8, 4) is 11.3 Å². The van der Waals surface area contributed by atoms with E-state index in [4.69, 9.17) is 4.52 Å². The summed E-state index contributed by atoms with van der Waals surface area (Å²) < 4.78 is 20.0. The van der Waals surface area contributed by atoms with Crippen LogP contribution in [-0.4, -0.2) is 39.9 Å². The molecule has 0 bridgehead atoms. The van der Waals surface area contributed by atoms with Crippen LogP contribution in [0.25, 0.3) is 21.5 Å². The minimum absolute atomic E-state index is 0.0432. The van der Waals surface area contributed by atoms with Gasteiger partial charge < -0.3 is 14.3 Å². The van der Waals surface area contributed by atoms with Crippen molar-refractivity contribution in [1.82, 2.24) is 15.0 Å². The monoisotopic (exact) mass is 476 g/mol. The number of hydrogen-bond acceptors (Lipinski definition) is 6. The summed E-state index contributed by atoms with van der Waals surface area (Å²) in [6.45, 7) is 3.19. The van der Waals surface area contributed by atoms with Crippen LogP contribution >= 0.6 is 11.3 Å². The first kappa shape index (κ1) is 21.0. The molecule has 0 radical (unpaired) electrons. The average molecular weight is 477 g/mol. The molecule has 172 valence electrons. The lowest BCUT2D eigenvalue weighted by Gasteiger charge is -2.28. The quantitative estimate of drug-likeness (QED) is 0.440. The van der Waals surface area contributed by atoms with E-state index in [1.165, 1.54) is 12.1 Å². The van der Waals surface area contributed by atoms with Gasteiger partial charge in [0.15, 0.2) is 5.76 Å². The molecule has 34 heavy (non-hydrogen) atoms. The Bertz CT molecular complexity index is 1430. The van der Waals surface area contributed by atoms with Gasteiger partial charge in [0.2, 0.25) is 11.8 Å². The second-order valence-corrected chi connectivity index (χ2v) is 9.98. The van der Waals surface area contributed by atoms with Gasteiger partial charge in [-0.15, -0.1) is 11.3 Å². The third kappa shape index (κ3) is 3.56. The molecule has 2 aromatic heterocycles. The van der Waals surface area contributed by atoms with Gasteiger partial charge in [-0.2, -0.15) is 0 Å². The van der Waals surface area contributed by atoms with Gasteiger partial charge in [0.1, 0.15) is 5.82 Å². The molecule has 4 aromatic rings. The van der Waals surface area contributed by atoms with Crippen molar-refractivity contribution in [3.63, 3.8) is 0 Å². The molecule has 1 atom stereocenters. The number of carbonyl (C=O) groups is 2. The highest BCUT2D eigenvalue weighted by Gasteiger charge is 2.39. The molecule has 0 saturated carbocycles. The minimum atomic E-state index is -0.406. The van der Waals surface area contributed by atoms with Crippen molar-refractivity contribution in [2.24, 2.45) is 5.92 Å². The van der Waals surface area contributed by atoms with Crippen molar-refractivity contribution in [1.29, 1.82) is 0 Å². The number of thiazole rings is 1. The van der Waals surface area contributed by atoms with E-state index in [2.05, 4.69) is 10.1 Å². The van der Waals surface area contributed by atoms with Crippen LogP contribution in [0.1, 0.15) is 22.7 Å². The number of fused-ring (bicyclic) bond motifs is 2. The zero-order valence-electron chi connectivity index (χ0n) is 18.5. The molecule has 2 aromatic carbocycles. The largest absolute Gasteiger partial charge is 0.356 e. The highest BCUT2D eigenvalue weighted by molar-refractivity contribution is 7.18. The summed E-state index contributed by atoms with van der Waals surface area (Å²) >= 11 is 1.62. The molecule has 2 aliphatic rings. The van der Waals surface area contributed by atoms with Crippen molar-refractivity contribution >= 4 is 39.1 Å². The van der Waals surface area contributed by atoms with E-state index in [0.717, 1.165) is 37.7 Å². The molecule has 0 N–H and O–H groups in total. The molecule has 9 heteroatoms. The van der Waals surface area contributed by atoms with Gasteiger partial charge in [0, 0.05) is 42.7 Å². The van der Waals surface area contributed by atoms with E-state index in [9.17, 15) is 14.0 Å². The molecular formula is C25H21FN4O3S. The van der Waals surface area contributed by atoms with E-state index in [0.29, 0.717) is 31.8 Å². The number of aryl methyl sites for hydroxylation is 1. The van der Waals surface area contributed by atoms with Crippen molar-refractivity contribution in [2.75, 3.05) is 18.0 Å². The molecule has 0 aliphatic carbocycles. The number of rotatable bonds is 3. The Hall–Kier alpha value is -3.59. The first-order valence-corrected chi connectivity index (χ1v) is 12.0. The number of benzene rings is 2. The average Bonchev–Trinajstić information content (AvgIpc) is 3.53. The maximum Gasteiger partial charge on any atom is 0.228 e. The maximum atomic E-state index is 13.4. The smallest absolute Gasteiger partial charge is 0.228 e. The van der Waals surface area contributed by atoms with Gasteiger partial charge >= 0.3 is 0 Å². The fourth-order valence-electron chi connectivity index (χ4n) is 4.81. The van der Waals surface area contributed by atoms with E-state index in [-0.39, 0.29) is 24.1 Å². The Morgan fingerprint density at radius 2 is 2.03 bits per heavy atom. The number of nitrogens with zero attached hydrogens (tertiary/aromatic N) is 4. The predicted molar refractivity (Wildman–Crippen MR) is 126 cm³/mol. The van der Waals surface area contributed by atoms with Gasteiger partial charge in [-0.1, -0.05) is 5.16 Å². The lowest BCUT2D eigenvalue weighted by Crippen LogP contribution is -2.40. The van der Waals surface area contributed by atoms with E-state index in [1.807, 2.05) is 25.1 Å². The van der Waals surface area contributed by atoms with E-state index >= 15 is 0 Å². The summed E-state index contributed by atoms with van der Waals surface area (Å²) in [6, 6.07) is 11.9. The summed E-state index contributed by atoms with van der Waals surface area (Å²) in [5, 5.41) is 5.14. The summed E-state index contributed by atoms with van der Waals surface area (Å²) in [5.41, 5.74) is 4.03. The Morgan fingerprint density at radius 3 is 2.85 bits per heavy atom. The van der Waals surface area contributed by atoms with Gasteiger partial charge in [0.05, 0.1) is 33.4 Å². The summed E-state index contributed by atoms with van der Waals surface area (Å²) in [4.78, 5) is 34.2. The fourth-order valence-corrected chi connectivity index (χ4v) is 5.62. The van der Waals surface area contributed by atoms with Crippen LogP contribution in [0.3, 0.4) is 0 Å². The molecule has 1 saturated heterocycles. The van der Waals surface area contributed by atoms with Crippen LogP contribution < -0.4 is 4.90 Å².